The van der Waals surface area contributed by atoms with E-state index in [1.807, 2.05) is 18.7 Å². The quantitative estimate of drug-likeness (QED) is 0.713. The number of nitrogens with zero attached hydrogens (tertiary/aromatic N) is 4. The largest absolute Gasteiger partial charge is 0.406 e. The van der Waals surface area contributed by atoms with Crippen LogP contribution in [0.3, 0.4) is 0 Å². The van der Waals surface area contributed by atoms with E-state index in [0.29, 0.717) is 18.8 Å². The number of ether oxygens (including phenoxy) is 1. The summed E-state index contributed by atoms with van der Waals surface area (Å²) in [5.74, 6) is -0.394. The van der Waals surface area contributed by atoms with Gasteiger partial charge in [0.25, 0.3) is 0 Å². The molecular formula is C20H25F4N5O2. The van der Waals surface area contributed by atoms with Crippen LogP contribution < -0.4 is 10.2 Å². The number of benzene rings is 1. The van der Waals surface area contributed by atoms with E-state index in [0.717, 1.165) is 4.57 Å². The highest BCUT2D eigenvalue weighted by Crippen LogP contribution is 2.26. The van der Waals surface area contributed by atoms with Crippen LogP contribution in [0.15, 0.2) is 30.6 Å². The van der Waals surface area contributed by atoms with E-state index in [1.54, 1.807) is 12.1 Å². The molecule has 0 aliphatic carbocycles. The molecule has 0 bridgehead atoms. The molecule has 0 unspecified atom stereocenters. The van der Waals surface area contributed by atoms with Crippen molar-refractivity contribution in [2.75, 3.05) is 30.4 Å². The number of carbonyl (C=O) groups is 1. The van der Waals surface area contributed by atoms with Gasteiger partial charge in [-0.1, -0.05) is 0 Å². The highest BCUT2D eigenvalue weighted by Gasteiger charge is 2.29. The van der Waals surface area contributed by atoms with Crippen LogP contribution in [0.2, 0.25) is 0 Å². The standard InChI is InChI=1S/C20H25F4N5O2/c1-13-9-29(10-14(2)31-13)17-5-4-15(8-16(17)21)26-19(30)27(3)11-18-25-6-7-28(18)12-20(22,23)24/h4-8,13-14H,9-12H2,1-3H3,(H,26,30)/t13-,14+. The van der Waals surface area contributed by atoms with Crippen LogP contribution in [-0.4, -0.2) is 59.0 Å². The Morgan fingerprint density at radius 3 is 2.58 bits per heavy atom. The SMILES string of the molecule is C[C@@H]1CN(c2ccc(NC(=O)N(C)Cc3nccn3CC(F)(F)F)cc2F)C[C@H](C)O1. The molecular weight excluding hydrogens is 418 g/mol. The molecule has 0 spiro atoms. The Morgan fingerprint density at radius 2 is 1.97 bits per heavy atom. The molecule has 1 aromatic carbocycles. The van der Waals surface area contributed by atoms with Crippen LogP contribution in [0.1, 0.15) is 19.7 Å². The number of halogens is 4. The lowest BCUT2D eigenvalue weighted by Crippen LogP contribution is -2.45. The second-order valence-electron chi connectivity index (χ2n) is 7.70. The zero-order valence-electron chi connectivity index (χ0n) is 17.5. The Hall–Kier alpha value is -2.82. The minimum atomic E-state index is -4.40. The van der Waals surface area contributed by atoms with Crippen molar-refractivity contribution < 1.29 is 27.1 Å². The van der Waals surface area contributed by atoms with E-state index < -0.39 is 24.6 Å². The molecule has 1 aliphatic rings. The van der Waals surface area contributed by atoms with Crippen LogP contribution in [0.4, 0.5) is 33.7 Å². The zero-order valence-corrected chi connectivity index (χ0v) is 17.5. The van der Waals surface area contributed by atoms with E-state index >= 15 is 0 Å². The number of rotatable bonds is 5. The highest BCUT2D eigenvalue weighted by atomic mass is 19.4. The number of hydrogen-bond acceptors (Lipinski definition) is 4. The van der Waals surface area contributed by atoms with E-state index in [4.69, 9.17) is 4.74 Å². The van der Waals surface area contributed by atoms with Gasteiger partial charge in [-0.05, 0) is 32.0 Å². The molecule has 170 valence electrons. The monoisotopic (exact) mass is 443 g/mol. The second-order valence-corrected chi connectivity index (χ2v) is 7.70. The Morgan fingerprint density at radius 1 is 1.29 bits per heavy atom. The first-order chi connectivity index (χ1) is 14.5. The van der Waals surface area contributed by atoms with Crippen molar-refractivity contribution in [3.05, 3.63) is 42.2 Å². The number of nitrogens with one attached hydrogen (secondary N) is 1. The lowest BCUT2D eigenvalue weighted by atomic mass is 10.2. The number of anilines is 2. The first-order valence-electron chi connectivity index (χ1n) is 9.80. The maximum Gasteiger partial charge on any atom is 0.406 e. The molecule has 2 atom stereocenters. The molecule has 0 saturated carbocycles. The average Bonchev–Trinajstić information content (AvgIpc) is 3.05. The van der Waals surface area contributed by atoms with Gasteiger partial charge in [0.15, 0.2) is 0 Å². The van der Waals surface area contributed by atoms with Gasteiger partial charge in [-0.25, -0.2) is 14.2 Å². The molecule has 7 nitrogen and oxygen atoms in total. The van der Waals surface area contributed by atoms with Crippen molar-refractivity contribution in [1.29, 1.82) is 0 Å². The lowest BCUT2D eigenvalue weighted by Gasteiger charge is -2.37. The van der Waals surface area contributed by atoms with Crippen molar-refractivity contribution in [3.8, 4) is 0 Å². The van der Waals surface area contributed by atoms with Gasteiger partial charge >= 0.3 is 12.2 Å². The van der Waals surface area contributed by atoms with Crippen LogP contribution in [0, 0.1) is 5.82 Å². The molecule has 1 fully saturated rings. The summed E-state index contributed by atoms with van der Waals surface area (Å²) < 4.78 is 59.2. The smallest absolute Gasteiger partial charge is 0.372 e. The van der Waals surface area contributed by atoms with Gasteiger partial charge in [0, 0.05) is 38.2 Å². The van der Waals surface area contributed by atoms with Crippen LogP contribution in [0.5, 0.6) is 0 Å². The summed E-state index contributed by atoms with van der Waals surface area (Å²) in [4.78, 5) is 19.4. The van der Waals surface area contributed by atoms with Crippen LogP contribution in [0.25, 0.3) is 0 Å². The Labute approximate surface area is 177 Å². The van der Waals surface area contributed by atoms with Gasteiger partial charge in [-0.2, -0.15) is 13.2 Å². The van der Waals surface area contributed by atoms with Gasteiger partial charge in [0.1, 0.15) is 18.2 Å². The second kappa shape index (κ2) is 9.13. The number of morpholine rings is 1. The third-order valence-corrected chi connectivity index (χ3v) is 4.84. The van der Waals surface area contributed by atoms with Gasteiger partial charge in [0.2, 0.25) is 0 Å². The van der Waals surface area contributed by atoms with Crippen molar-refractivity contribution in [3.63, 3.8) is 0 Å². The van der Waals surface area contributed by atoms with E-state index in [9.17, 15) is 22.4 Å². The number of imidazole rings is 1. The van der Waals surface area contributed by atoms with Gasteiger partial charge in [-0.3, -0.25) is 0 Å². The molecule has 1 saturated heterocycles. The molecule has 1 aromatic heterocycles. The van der Waals surface area contributed by atoms with E-state index in [2.05, 4.69) is 10.3 Å². The molecule has 0 radical (unpaired) electrons. The molecule has 2 aromatic rings. The third kappa shape index (κ3) is 6.09. The predicted molar refractivity (Wildman–Crippen MR) is 107 cm³/mol. The van der Waals surface area contributed by atoms with E-state index in [-0.39, 0.29) is 30.3 Å². The fourth-order valence-corrected chi connectivity index (χ4v) is 3.55. The van der Waals surface area contributed by atoms with Crippen LogP contribution >= 0.6 is 0 Å². The summed E-state index contributed by atoms with van der Waals surface area (Å²) >= 11 is 0. The molecule has 1 N–H and O–H groups in total. The van der Waals surface area contributed by atoms with Gasteiger partial charge in [0.05, 0.1) is 24.4 Å². The number of urea groups is 1. The molecule has 2 amide bonds. The first kappa shape index (κ1) is 22.9. The highest BCUT2D eigenvalue weighted by molar-refractivity contribution is 5.89. The number of aromatic nitrogens is 2. The summed E-state index contributed by atoms with van der Waals surface area (Å²) in [5.41, 5.74) is 0.661. The summed E-state index contributed by atoms with van der Waals surface area (Å²) in [5, 5.41) is 2.55. The summed E-state index contributed by atoms with van der Waals surface area (Å²) in [7, 11) is 1.42. The number of amides is 2. The molecule has 11 heteroatoms. The Bertz CT molecular complexity index is 907. The fourth-order valence-electron chi connectivity index (χ4n) is 3.55. The number of carbonyl (C=O) groups excluding carboxylic acids is 1. The minimum Gasteiger partial charge on any atom is -0.372 e. The number of alkyl halides is 3. The topological polar surface area (TPSA) is 62.6 Å². The molecule has 1 aliphatic heterocycles. The van der Waals surface area contributed by atoms with Gasteiger partial charge in [-0.15, -0.1) is 0 Å². The van der Waals surface area contributed by atoms with Crippen molar-refractivity contribution in [1.82, 2.24) is 14.5 Å². The number of hydrogen-bond donors (Lipinski definition) is 1. The average molecular weight is 443 g/mol. The predicted octanol–water partition coefficient (Wildman–Crippen LogP) is 3.86. The fraction of sp³-hybridized carbons (Fsp3) is 0.500. The maximum atomic E-state index is 14.7. The third-order valence-electron chi connectivity index (χ3n) is 4.84. The lowest BCUT2D eigenvalue weighted by molar-refractivity contribution is -0.141. The van der Waals surface area contributed by atoms with Crippen molar-refractivity contribution in [2.24, 2.45) is 0 Å². The van der Waals surface area contributed by atoms with Crippen LogP contribution in [-0.2, 0) is 17.8 Å². The summed E-state index contributed by atoms with van der Waals surface area (Å²) in [6, 6.07) is 3.80. The summed E-state index contributed by atoms with van der Waals surface area (Å²) in [6.45, 7) is 3.62. The maximum absolute atomic E-state index is 14.7. The molecule has 3 rings (SSSR count). The normalized spacial score (nSPS) is 19.4. The van der Waals surface area contributed by atoms with E-state index in [1.165, 1.54) is 30.4 Å². The molecule has 2 heterocycles. The first-order valence-corrected chi connectivity index (χ1v) is 9.80. The summed E-state index contributed by atoms with van der Waals surface area (Å²) in [6.07, 6.45) is -2.00. The van der Waals surface area contributed by atoms with Crippen molar-refractivity contribution in [2.45, 2.75) is 45.3 Å². The Balaban J connectivity index is 1.63. The van der Waals surface area contributed by atoms with Gasteiger partial charge < -0.3 is 24.4 Å². The zero-order chi connectivity index (χ0) is 22.8. The Kier molecular flexibility index (Phi) is 6.73. The molecule has 31 heavy (non-hydrogen) atoms. The van der Waals surface area contributed by atoms with Crippen molar-refractivity contribution >= 4 is 17.4 Å². The minimum absolute atomic E-state index is 0.0268.